The normalized spacial score (nSPS) is 11.3. The number of methoxy groups -OCH3 is 1. The van der Waals surface area contributed by atoms with E-state index in [0.29, 0.717) is 17.0 Å². The van der Waals surface area contributed by atoms with Crippen molar-refractivity contribution in [3.63, 3.8) is 0 Å². The summed E-state index contributed by atoms with van der Waals surface area (Å²) in [6.45, 7) is 0. The molecule has 3 rings (SSSR count). The minimum Gasteiger partial charge on any atom is -0.497 e. The molecule has 0 fully saturated rings. The third-order valence-electron chi connectivity index (χ3n) is 3.96. The van der Waals surface area contributed by atoms with Crippen molar-refractivity contribution in [1.29, 1.82) is 0 Å². The molecule has 1 unspecified atom stereocenters. The molecule has 0 saturated heterocycles. The average molecular weight is 378 g/mol. The number of carbonyl (C=O) groups is 1. The molecule has 0 aliphatic heterocycles. The molecule has 0 heterocycles. The minimum atomic E-state index is -0.991. The highest BCUT2D eigenvalue weighted by molar-refractivity contribution is 5.95. The van der Waals surface area contributed by atoms with Crippen LogP contribution in [0.2, 0.25) is 0 Å². The van der Waals surface area contributed by atoms with E-state index in [4.69, 9.17) is 9.47 Å². The van der Waals surface area contributed by atoms with Gasteiger partial charge < -0.3 is 14.8 Å². The van der Waals surface area contributed by atoms with Gasteiger partial charge in [0, 0.05) is 23.4 Å². The van der Waals surface area contributed by atoms with Crippen molar-refractivity contribution >= 4 is 17.3 Å². The molecule has 0 saturated carbocycles. The molecule has 28 heavy (non-hydrogen) atoms. The zero-order valence-electron chi connectivity index (χ0n) is 15.1. The topological polar surface area (TPSA) is 90.7 Å². The Morgan fingerprint density at radius 1 is 0.964 bits per heavy atom. The van der Waals surface area contributed by atoms with Crippen LogP contribution >= 0.6 is 0 Å². The first-order valence-corrected chi connectivity index (χ1v) is 8.48. The van der Waals surface area contributed by atoms with Crippen molar-refractivity contribution in [1.82, 2.24) is 0 Å². The second-order valence-corrected chi connectivity index (χ2v) is 5.88. The predicted octanol–water partition coefficient (Wildman–Crippen LogP) is 4.36. The summed E-state index contributed by atoms with van der Waals surface area (Å²) in [6, 6.07) is 21.6. The number of nitrogens with zero attached hydrogens (tertiary/aromatic N) is 1. The summed E-state index contributed by atoms with van der Waals surface area (Å²) >= 11 is 0. The van der Waals surface area contributed by atoms with Gasteiger partial charge in [-0.3, -0.25) is 14.9 Å². The fourth-order valence-electron chi connectivity index (χ4n) is 2.62. The highest BCUT2D eigenvalue weighted by Crippen LogP contribution is 2.27. The number of rotatable bonds is 7. The number of amides is 1. The molecule has 1 amide bonds. The van der Waals surface area contributed by atoms with Gasteiger partial charge in [-0.1, -0.05) is 42.5 Å². The molecule has 0 aromatic heterocycles. The summed E-state index contributed by atoms with van der Waals surface area (Å²) in [4.78, 5) is 23.4. The second-order valence-electron chi connectivity index (χ2n) is 5.88. The maximum atomic E-state index is 12.9. The third-order valence-corrected chi connectivity index (χ3v) is 3.96. The summed E-state index contributed by atoms with van der Waals surface area (Å²) in [5.41, 5.74) is 1.06. The van der Waals surface area contributed by atoms with Crippen LogP contribution in [0.15, 0.2) is 78.9 Å². The van der Waals surface area contributed by atoms with E-state index in [1.54, 1.807) is 61.7 Å². The molecule has 7 heteroatoms. The number of ether oxygens (including phenoxy) is 2. The van der Waals surface area contributed by atoms with Crippen LogP contribution < -0.4 is 14.8 Å². The number of benzene rings is 3. The highest BCUT2D eigenvalue weighted by atomic mass is 16.6. The zero-order chi connectivity index (χ0) is 19.9. The molecule has 3 aromatic carbocycles. The van der Waals surface area contributed by atoms with Crippen molar-refractivity contribution in [2.45, 2.75) is 6.10 Å². The van der Waals surface area contributed by atoms with Crippen LogP contribution in [-0.2, 0) is 4.79 Å². The summed E-state index contributed by atoms with van der Waals surface area (Å²) in [6.07, 6.45) is -0.991. The standard InChI is InChI=1S/C21H18N2O5/c1-27-18-11-5-9-16(13-18)22-21(24)20(15-7-3-2-4-8-15)28-19-12-6-10-17(14-19)23(25)26/h2-14,20H,1H3,(H,22,24). The van der Waals surface area contributed by atoms with Crippen LogP contribution in [0.4, 0.5) is 11.4 Å². The Labute approximate surface area is 161 Å². The maximum Gasteiger partial charge on any atom is 0.273 e. The molecule has 1 N–H and O–H groups in total. The van der Waals surface area contributed by atoms with Crippen LogP contribution in [0.3, 0.4) is 0 Å². The Morgan fingerprint density at radius 2 is 1.68 bits per heavy atom. The van der Waals surface area contributed by atoms with Gasteiger partial charge in [0.15, 0.2) is 0 Å². The van der Waals surface area contributed by atoms with E-state index in [2.05, 4.69) is 5.32 Å². The number of hydrogen-bond acceptors (Lipinski definition) is 5. The zero-order valence-corrected chi connectivity index (χ0v) is 15.1. The summed E-state index contributed by atoms with van der Waals surface area (Å²) < 4.78 is 11.0. The average Bonchev–Trinajstić information content (AvgIpc) is 2.73. The van der Waals surface area contributed by atoms with Crippen LogP contribution in [-0.4, -0.2) is 17.9 Å². The van der Waals surface area contributed by atoms with Crippen molar-refractivity contribution in [2.75, 3.05) is 12.4 Å². The lowest BCUT2D eigenvalue weighted by atomic mass is 10.1. The Bertz CT molecular complexity index is 975. The van der Waals surface area contributed by atoms with E-state index in [1.807, 2.05) is 6.07 Å². The number of nitro benzene ring substituents is 1. The Hall–Kier alpha value is -3.87. The first-order chi connectivity index (χ1) is 13.6. The fraction of sp³-hybridized carbons (Fsp3) is 0.0952. The number of nitro groups is 1. The molecule has 0 bridgehead atoms. The summed E-state index contributed by atoms with van der Waals surface area (Å²) in [7, 11) is 1.54. The number of non-ortho nitro benzene ring substituents is 1. The van der Waals surface area contributed by atoms with Crippen LogP contribution in [0.25, 0.3) is 0 Å². The van der Waals surface area contributed by atoms with Crippen molar-refractivity contribution in [3.05, 3.63) is 94.5 Å². The smallest absolute Gasteiger partial charge is 0.273 e. The molecule has 0 radical (unpaired) electrons. The Kier molecular flexibility index (Phi) is 5.86. The summed E-state index contributed by atoms with van der Waals surface area (Å²) in [5, 5.41) is 13.8. The Morgan fingerprint density at radius 3 is 2.39 bits per heavy atom. The Balaban J connectivity index is 1.88. The van der Waals surface area contributed by atoms with Gasteiger partial charge in [-0.05, 0) is 18.2 Å². The number of anilines is 1. The van der Waals surface area contributed by atoms with Crippen LogP contribution in [0.5, 0.6) is 11.5 Å². The van der Waals surface area contributed by atoms with Crippen molar-refractivity contribution < 1.29 is 19.2 Å². The fourth-order valence-corrected chi connectivity index (χ4v) is 2.62. The summed E-state index contributed by atoms with van der Waals surface area (Å²) in [5.74, 6) is 0.420. The molecule has 1 atom stereocenters. The van der Waals surface area contributed by atoms with Crippen LogP contribution in [0, 0.1) is 10.1 Å². The van der Waals surface area contributed by atoms with E-state index < -0.39 is 16.9 Å². The number of carbonyl (C=O) groups excluding carboxylic acids is 1. The molecular weight excluding hydrogens is 360 g/mol. The molecule has 0 spiro atoms. The number of nitrogens with one attached hydrogen (secondary N) is 1. The first kappa shape index (κ1) is 18.9. The van der Waals surface area contributed by atoms with Gasteiger partial charge in [0.05, 0.1) is 18.1 Å². The lowest BCUT2D eigenvalue weighted by Gasteiger charge is -2.19. The quantitative estimate of drug-likeness (QED) is 0.487. The van der Waals surface area contributed by atoms with Gasteiger partial charge in [-0.15, -0.1) is 0 Å². The van der Waals surface area contributed by atoms with Crippen molar-refractivity contribution in [3.8, 4) is 11.5 Å². The molecule has 3 aromatic rings. The molecule has 142 valence electrons. The molecule has 7 nitrogen and oxygen atoms in total. The monoisotopic (exact) mass is 378 g/mol. The van der Waals surface area contributed by atoms with Gasteiger partial charge in [0.2, 0.25) is 6.10 Å². The van der Waals surface area contributed by atoms with Gasteiger partial charge in [0.25, 0.3) is 11.6 Å². The maximum absolute atomic E-state index is 12.9. The van der Waals surface area contributed by atoms with Crippen LogP contribution in [0.1, 0.15) is 11.7 Å². The molecule has 0 aliphatic rings. The number of hydrogen-bond donors (Lipinski definition) is 1. The van der Waals surface area contributed by atoms with E-state index >= 15 is 0 Å². The first-order valence-electron chi connectivity index (χ1n) is 8.48. The van der Waals surface area contributed by atoms with E-state index in [1.165, 1.54) is 18.2 Å². The van der Waals surface area contributed by atoms with Gasteiger partial charge in [-0.25, -0.2) is 0 Å². The largest absolute Gasteiger partial charge is 0.497 e. The second kappa shape index (κ2) is 8.68. The predicted molar refractivity (Wildman–Crippen MR) is 105 cm³/mol. The third kappa shape index (κ3) is 4.64. The van der Waals surface area contributed by atoms with Gasteiger partial charge >= 0.3 is 0 Å². The van der Waals surface area contributed by atoms with E-state index in [9.17, 15) is 14.9 Å². The van der Waals surface area contributed by atoms with E-state index in [0.717, 1.165) is 0 Å². The minimum absolute atomic E-state index is 0.113. The molecule has 0 aliphatic carbocycles. The lowest BCUT2D eigenvalue weighted by molar-refractivity contribution is -0.384. The lowest BCUT2D eigenvalue weighted by Crippen LogP contribution is -2.25. The SMILES string of the molecule is COc1cccc(NC(=O)C(Oc2cccc([N+](=O)[O-])c2)c2ccccc2)c1. The molecular formula is C21H18N2O5. The van der Waals surface area contributed by atoms with Crippen molar-refractivity contribution in [2.24, 2.45) is 0 Å². The van der Waals surface area contributed by atoms with E-state index in [-0.39, 0.29) is 11.4 Å². The van der Waals surface area contributed by atoms with Gasteiger partial charge in [-0.2, -0.15) is 0 Å². The van der Waals surface area contributed by atoms with Gasteiger partial charge in [0.1, 0.15) is 11.5 Å². The highest BCUT2D eigenvalue weighted by Gasteiger charge is 2.23.